The van der Waals surface area contributed by atoms with E-state index in [4.69, 9.17) is 11.6 Å². The first kappa shape index (κ1) is 19.6. The van der Waals surface area contributed by atoms with Crippen LogP contribution in [0.3, 0.4) is 0 Å². The van der Waals surface area contributed by atoms with Crippen molar-refractivity contribution in [3.8, 4) is 0 Å². The van der Waals surface area contributed by atoms with E-state index >= 15 is 0 Å². The molecule has 0 saturated carbocycles. The van der Waals surface area contributed by atoms with Crippen LogP contribution in [-0.4, -0.2) is 16.8 Å². The minimum atomic E-state index is -0.344. The molecule has 0 radical (unpaired) electrons. The molecule has 0 spiro atoms. The van der Waals surface area contributed by atoms with Gasteiger partial charge in [0, 0.05) is 18.1 Å². The first-order valence-corrected chi connectivity index (χ1v) is 9.22. The van der Waals surface area contributed by atoms with E-state index in [0.29, 0.717) is 18.1 Å². The molecular weight excluding hydrogens is 374 g/mol. The Kier molecular flexibility index (Phi) is 6.40. The third kappa shape index (κ3) is 5.41. The quantitative estimate of drug-likeness (QED) is 0.667. The summed E-state index contributed by atoms with van der Waals surface area (Å²) in [7, 11) is 0. The van der Waals surface area contributed by atoms with Gasteiger partial charge in [-0.3, -0.25) is 9.59 Å². The molecule has 1 aromatic heterocycles. The number of pyridine rings is 1. The van der Waals surface area contributed by atoms with Gasteiger partial charge in [0.15, 0.2) is 0 Å². The van der Waals surface area contributed by atoms with Crippen molar-refractivity contribution in [3.63, 3.8) is 0 Å². The molecule has 0 bridgehead atoms. The summed E-state index contributed by atoms with van der Waals surface area (Å²) < 4.78 is 0. The summed E-state index contributed by atoms with van der Waals surface area (Å²) in [6.45, 7) is 2.75. The first-order valence-electron chi connectivity index (χ1n) is 8.85. The predicted molar refractivity (Wildman–Crippen MR) is 109 cm³/mol. The van der Waals surface area contributed by atoms with Gasteiger partial charge in [-0.05, 0) is 42.3 Å². The average molecular weight is 394 g/mol. The summed E-state index contributed by atoms with van der Waals surface area (Å²) in [4.78, 5) is 28.9. The van der Waals surface area contributed by atoms with Crippen LogP contribution in [0.4, 0.5) is 0 Å². The molecule has 2 aromatic carbocycles. The van der Waals surface area contributed by atoms with Crippen molar-refractivity contribution in [3.05, 3.63) is 99.8 Å². The Morgan fingerprint density at radius 2 is 1.39 bits per heavy atom. The monoisotopic (exact) mass is 393 g/mol. The van der Waals surface area contributed by atoms with E-state index in [1.807, 2.05) is 43.3 Å². The number of carbonyl (C=O) groups excluding carboxylic acids is 2. The molecule has 0 atom stereocenters. The van der Waals surface area contributed by atoms with Crippen LogP contribution in [0.15, 0.2) is 66.7 Å². The van der Waals surface area contributed by atoms with Gasteiger partial charge in [0.05, 0.1) is 0 Å². The average Bonchev–Trinajstić information content (AvgIpc) is 2.71. The lowest BCUT2D eigenvalue weighted by Crippen LogP contribution is -2.27. The van der Waals surface area contributed by atoms with Crippen LogP contribution >= 0.6 is 11.6 Å². The van der Waals surface area contributed by atoms with Gasteiger partial charge in [-0.25, -0.2) is 4.98 Å². The molecule has 3 aromatic rings. The van der Waals surface area contributed by atoms with Gasteiger partial charge in [-0.1, -0.05) is 59.6 Å². The highest BCUT2D eigenvalue weighted by atomic mass is 35.5. The molecular formula is C22H20ClN3O2. The van der Waals surface area contributed by atoms with Gasteiger partial charge in [-0.2, -0.15) is 0 Å². The summed E-state index contributed by atoms with van der Waals surface area (Å²) in [5.74, 6) is -0.669. The lowest BCUT2D eigenvalue weighted by molar-refractivity contribution is 0.0941. The maximum Gasteiger partial charge on any atom is 0.270 e. The second kappa shape index (κ2) is 9.15. The molecule has 2 N–H and O–H groups in total. The number of aryl methyl sites for hydroxylation is 1. The van der Waals surface area contributed by atoms with E-state index < -0.39 is 0 Å². The number of benzene rings is 2. The van der Waals surface area contributed by atoms with E-state index in [1.165, 1.54) is 0 Å². The van der Waals surface area contributed by atoms with Gasteiger partial charge in [0.2, 0.25) is 0 Å². The number of halogens is 1. The van der Waals surface area contributed by atoms with E-state index in [0.717, 1.165) is 16.7 Å². The Bertz CT molecular complexity index is 987. The number of aromatic nitrogens is 1. The zero-order chi connectivity index (χ0) is 19.9. The largest absolute Gasteiger partial charge is 0.347 e. The van der Waals surface area contributed by atoms with E-state index in [1.54, 1.807) is 30.3 Å². The summed E-state index contributed by atoms with van der Waals surface area (Å²) in [6.07, 6.45) is 0. The number of nitrogens with zero attached hydrogens (tertiary/aromatic N) is 1. The summed E-state index contributed by atoms with van der Waals surface area (Å²) in [6, 6.07) is 19.9. The van der Waals surface area contributed by atoms with Crippen molar-refractivity contribution in [1.82, 2.24) is 15.6 Å². The molecule has 1 heterocycles. The number of hydrogen-bond acceptors (Lipinski definition) is 3. The van der Waals surface area contributed by atoms with E-state index in [-0.39, 0.29) is 23.2 Å². The van der Waals surface area contributed by atoms with Crippen molar-refractivity contribution in [1.29, 1.82) is 0 Å². The molecule has 0 aliphatic carbocycles. The van der Waals surface area contributed by atoms with Crippen molar-refractivity contribution < 1.29 is 9.59 Å². The molecule has 0 aliphatic rings. The molecule has 0 saturated heterocycles. The Balaban J connectivity index is 1.59. The highest BCUT2D eigenvalue weighted by Crippen LogP contribution is 2.09. The van der Waals surface area contributed by atoms with Crippen LogP contribution < -0.4 is 10.6 Å². The SMILES string of the molecule is Cc1cccc(CNC(=O)c2cccc(C(=O)NCc3ccc(Cl)cc3)n2)c1. The van der Waals surface area contributed by atoms with Gasteiger partial charge in [-0.15, -0.1) is 0 Å². The minimum Gasteiger partial charge on any atom is -0.347 e. The maximum absolute atomic E-state index is 12.4. The van der Waals surface area contributed by atoms with Gasteiger partial charge in [0.25, 0.3) is 11.8 Å². The minimum absolute atomic E-state index is 0.192. The Morgan fingerprint density at radius 1 is 0.821 bits per heavy atom. The number of nitrogens with one attached hydrogen (secondary N) is 2. The predicted octanol–water partition coefficient (Wildman–Crippen LogP) is 3.90. The standard InChI is InChI=1S/C22H20ClN3O2/c1-15-4-2-5-17(12-15)14-25-22(28)20-7-3-6-19(26-20)21(27)24-13-16-8-10-18(23)11-9-16/h2-12H,13-14H2,1H3,(H,24,27)(H,25,28). The highest BCUT2D eigenvalue weighted by Gasteiger charge is 2.12. The van der Waals surface area contributed by atoms with Crippen LogP contribution in [-0.2, 0) is 13.1 Å². The van der Waals surface area contributed by atoms with Crippen LogP contribution in [0.25, 0.3) is 0 Å². The lowest BCUT2D eigenvalue weighted by atomic mass is 10.1. The van der Waals surface area contributed by atoms with Crippen molar-refractivity contribution in [2.45, 2.75) is 20.0 Å². The van der Waals surface area contributed by atoms with Crippen molar-refractivity contribution >= 4 is 23.4 Å². The first-order chi connectivity index (χ1) is 13.5. The number of rotatable bonds is 6. The normalized spacial score (nSPS) is 10.4. The van der Waals surface area contributed by atoms with Crippen LogP contribution in [0, 0.1) is 6.92 Å². The molecule has 0 aliphatic heterocycles. The van der Waals surface area contributed by atoms with Gasteiger partial charge >= 0.3 is 0 Å². The Labute approximate surface area is 168 Å². The second-order valence-corrected chi connectivity index (χ2v) is 6.83. The molecule has 142 valence electrons. The fourth-order valence-electron chi connectivity index (χ4n) is 2.66. The smallest absolute Gasteiger partial charge is 0.270 e. The summed E-state index contributed by atoms with van der Waals surface area (Å²) >= 11 is 5.85. The fraction of sp³-hybridized carbons (Fsp3) is 0.136. The van der Waals surface area contributed by atoms with Crippen LogP contribution in [0.2, 0.25) is 5.02 Å². The van der Waals surface area contributed by atoms with Gasteiger partial charge in [0.1, 0.15) is 11.4 Å². The Morgan fingerprint density at radius 3 is 2.00 bits per heavy atom. The lowest BCUT2D eigenvalue weighted by Gasteiger charge is -2.08. The third-order valence-corrected chi connectivity index (χ3v) is 4.37. The van der Waals surface area contributed by atoms with Crippen LogP contribution in [0.5, 0.6) is 0 Å². The highest BCUT2D eigenvalue weighted by molar-refractivity contribution is 6.30. The molecule has 2 amide bonds. The zero-order valence-corrected chi connectivity index (χ0v) is 16.2. The van der Waals surface area contributed by atoms with Crippen molar-refractivity contribution in [2.24, 2.45) is 0 Å². The van der Waals surface area contributed by atoms with E-state index in [9.17, 15) is 9.59 Å². The number of hydrogen-bond donors (Lipinski definition) is 2. The van der Waals surface area contributed by atoms with Crippen LogP contribution in [0.1, 0.15) is 37.7 Å². The Hall–Kier alpha value is -3.18. The van der Waals surface area contributed by atoms with Gasteiger partial charge < -0.3 is 10.6 Å². The number of carbonyl (C=O) groups is 2. The summed E-state index contributed by atoms with van der Waals surface area (Å²) in [5.41, 5.74) is 3.45. The molecule has 0 unspecified atom stereocenters. The number of amides is 2. The van der Waals surface area contributed by atoms with Crippen molar-refractivity contribution in [2.75, 3.05) is 0 Å². The molecule has 5 nitrogen and oxygen atoms in total. The third-order valence-electron chi connectivity index (χ3n) is 4.12. The molecule has 28 heavy (non-hydrogen) atoms. The molecule has 3 rings (SSSR count). The summed E-state index contributed by atoms with van der Waals surface area (Å²) in [5, 5.41) is 6.25. The zero-order valence-electron chi connectivity index (χ0n) is 15.4. The second-order valence-electron chi connectivity index (χ2n) is 6.39. The molecule has 6 heteroatoms. The topological polar surface area (TPSA) is 71.1 Å². The maximum atomic E-state index is 12.4. The molecule has 0 fully saturated rings. The van der Waals surface area contributed by atoms with E-state index in [2.05, 4.69) is 15.6 Å². The fourth-order valence-corrected chi connectivity index (χ4v) is 2.78.